The van der Waals surface area contributed by atoms with Gasteiger partial charge in [0.2, 0.25) is 0 Å². The summed E-state index contributed by atoms with van der Waals surface area (Å²) in [4.78, 5) is 12.4. The smallest absolute Gasteiger partial charge is 0.167 e. The standard InChI is InChI=1S/C18H12BrClO/c19-16-8-7-14(17(20)11-16)10-18(21)15-6-5-12-3-1-2-4-13(12)9-15/h1-9,11H,10H2. The first kappa shape index (κ1) is 14.3. The zero-order valence-electron chi connectivity index (χ0n) is 11.1. The maximum absolute atomic E-state index is 12.4. The molecule has 3 rings (SSSR count). The van der Waals surface area contributed by atoms with Gasteiger partial charge in [0, 0.05) is 21.5 Å². The Kier molecular flexibility index (Phi) is 4.09. The van der Waals surface area contributed by atoms with Gasteiger partial charge in [-0.05, 0) is 34.5 Å². The molecule has 1 nitrogen and oxygen atoms in total. The van der Waals surface area contributed by atoms with Crippen LogP contribution in [0.3, 0.4) is 0 Å². The lowest BCUT2D eigenvalue weighted by molar-refractivity contribution is 0.0993. The van der Waals surface area contributed by atoms with Crippen LogP contribution in [0.4, 0.5) is 0 Å². The fourth-order valence-electron chi connectivity index (χ4n) is 2.30. The first-order chi connectivity index (χ1) is 10.1. The Morgan fingerprint density at radius 3 is 2.48 bits per heavy atom. The van der Waals surface area contributed by atoms with Gasteiger partial charge in [0.25, 0.3) is 0 Å². The number of hydrogen-bond donors (Lipinski definition) is 0. The molecule has 0 radical (unpaired) electrons. The lowest BCUT2D eigenvalue weighted by Gasteiger charge is -2.06. The number of carbonyl (C=O) groups excluding carboxylic acids is 1. The maximum Gasteiger partial charge on any atom is 0.167 e. The van der Waals surface area contributed by atoms with Gasteiger partial charge >= 0.3 is 0 Å². The number of benzene rings is 3. The van der Waals surface area contributed by atoms with Gasteiger partial charge in [-0.1, -0.05) is 70.0 Å². The monoisotopic (exact) mass is 358 g/mol. The molecule has 0 N–H and O–H groups in total. The minimum absolute atomic E-state index is 0.0741. The molecule has 0 amide bonds. The molecule has 0 saturated carbocycles. The Morgan fingerprint density at radius 1 is 0.952 bits per heavy atom. The molecule has 0 aliphatic rings. The highest BCUT2D eigenvalue weighted by atomic mass is 79.9. The molecule has 104 valence electrons. The summed E-state index contributed by atoms with van der Waals surface area (Å²) in [5.41, 5.74) is 1.56. The average Bonchev–Trinajstić information content (AvgIpc) is 2.49. The summed E-state index contributed by atoms with van der Waals surface area (Å²) < 4.78 is 0.911. The zero-order valence-corrected chi connectivity index (χ0v) is 13.5. The third-order valence-electron chi connectivity index (χ3n) is 3.44. The van der Waals surface area contributed by atoms with Crippen LogP contribution < -0.4 is 0 Å². The predicted molar refractivity (Wildman–Crippen MR) is 91.1 cm³/mol. The molecule has 3 aromatic rings. The number of halogens is 2. The van der Waals surface area contributed by atoms with E-state index in [0.717, 1.165) is 20.8 Å². The molecule has 0 aromatic heterocycles. The van der Waals surface area contributed by atoms with E-state index in [4.69, 9.17) is 11.6 Å². The van der Waals surface area contributed by atoms with Gasteiger partial charge in [-0.2, -0.15) is 0 Å². The summed E-state index contributed by atoms with van der Waals surface area (Å²) in [6.45, 7) is 0. The van der Waals surface area contributed by atoms with Crippen molar-refractivity contribution >= 4 is 44.1 Å². The van der Waals surface area contributed by atoms with Crippen LogP contribution in [-0.2, 0) is 6.42 Å². The van der Waals surface area contributed by atoms with Gasteiger partial charge in [0.15, 0.2) is 5.78 Å². The van der Waals surface area contributed by atoms with E-state index in [1.165, 1.54) is 0 Å². The molecule has 0 aliphatic carbocycles. The van der Waals surface area contributed by atoms with Crippen LogP contribution in [0.1, 0.15) is 15.9 Å². The summed E-state index contributed by atoms with van der Waals surface area (Å²) in [6, 6.07) is 19.4. The van der Waals surface area contributed by atoms with Crippen LogP contribution in [0.25, 0.3) is 10.8 Å². The van der Waals surface area contributed by atoms with Crippen LogP contribution >= 0.6 is 27.5 Å². The van der Waals surface area contributed by atoms with Crippen molar-refractivity contribution in [1.29, 1.82) is 0 Å². The van der Waals surface area contributed by atoms with Gasteiger partial charge in [-0.25, -0.2) is 0 Å². The molecular formula is C18H12BrClO. The molecular weight excluding hydrogens is 348 g/mol. The van der Waals surface area contributed by atoms with Crippen molar-refractivity contribution in [3.8, 4) is 0 Å². The van der Waals surface area contributed by atoms with Crippen LogP contribution in [-0.4, -0.2) is 5.78 Å². The van der Waals surface area contributed by atoms with E-state index in [0.29, 0.717) is 17.0 Å². The highest BCUT2D eigenvalue weighted by Gasteiger charge is 2.10. The Bertz CT molecular complexity index is 826. The second-order valence-electron chi connectivity index (χ2n) is 4.90. The minimum atomic E-state index is 0.0741. The number of carbonyl (C=O) groups is 1. The van der Waals surface area contributed by atoms with Gasteiger partial charge in [-0.15, -0.1) is 0 Å². The van der Waals surface area contributed by atoms with Crippen LogP contribution in [0.5, 0.6) is 0 Å². The fraction of sp³-hybridized carbons (Fsp3) is 0.0556. The first-order valence-corrected chi connectivity index (χ1v) is 7.76. The number of fused-ring (bicyclic) bond motifs is 1. The summed E-state index contributed by atoms with van der Waals surface area (Å²) in [5.74, 6) is 0.0741. The molecule has 21 heavy (non-hydrogen) atoms. The lowest BCUT2D eigenvalue weighted by atomic mass is 10.00. The second-order valence-corrected chi connectivity index (χ2v) is 6.22. The summed E-state index contributed by atoms with van der Waals surface area (Å²) >= 11 is 9.54. The second kappa shape index (κ2) is 6.00. The largest absolute Gasteiger partial charge is 0.294 e. The van der Waals surface area contributed by atoms with E-state index in [1.807, 2.05) is 60.7 Å². The van der Waals surface area contributed by atoms with E-state index >= 15 is 0 Å². The number of Topliss-reactive ketones (excluding diaryl/α,β-unsaturated/α-hetero) is 1. The first-order valence-electron chi connectivity index (χ1n) is 6.59. The van der Waals surface area contributed by atoms with Gasteiger partial charge in [0.1, 0.15) is 0 Å². The molecule has 0 unspecified atom stereocenters. The summed E-state index contributed by atoms with van der Waals surface area (Å²) in [5, 5.41) is 2.82. The molecule has 0 heterocycles. The highest BCUT2D eigenvalue weighted by Crippen LogP contribution is 2.23. The molecule has 0 saturated heterocycles. The third-order valence-corrected chi connectivity index (χ3v) is 4.28. The highest BCUT2D eigenvalue weighted by molar-refractivity contribution is 9.10. The van der Waals surface area contributed by atoms with Gasteiger partial charge < -0.3 is 0 Å². The summed E-state index contributed by atoms with van der Waals surface area (Å²) in [6.07, 6.45) is 0.310. The van der Waals surface area contributed by atoms with Crippen molar-refractivity contribution in [2.75, 3.05) is 0 Å². The van der Waals surface area contributed by atoms with Crippen molar-refractivity contribution in [3.05, 3.63) is 81.3 Å². The Balaban J connectivity index is 1.89. The van der Waals surface area contributed by atoms with Crippen molar-refractivity contribution in [2.45, 2.75) is 6.42 Å². The zero-order chi connectivity index (χ0) is 14.8. The van der Waals surface area contributed by atoms with Crippen LogP contribution in [0.15, 0.2) is 65.1 Å². The topological polar surface area (TPSA) is 17.1 Å². The normalized spacial score (nSPS) is 10.8. The molecule has 0 spiro atoms. The van der Waals surface area contributed by atoms with Crippen molar-refractivity contribution in [1.82, 2.24) is 0 Å². The van der Waals surface area contributed by atoms with E-state index in [2.05, 4.69) is 15.9 Å². The van der Waals surface area contributed by atoms with Gasteiger partial charge in [-0.3, -0.25) is 4.79 Å². The number of rotatable bonds is 3. The van der Waals surface area contributed by atoms with E-state index in [1.54, 1.807) is 0 Å². The molecule has 0 atom stereocenters. The molecule has 0 aliphatic heterocycles. The van der Waals surface area contributed by atoms with Crippen molar-refractivity contribution in [3.63, 3.8) is 0 Å². The summed E-state index contributed by atoms with van der Waals surface area (Å²) in [7, 11) is 0. The lowest BCUT2D eigenvalue weighted by Crippen LogP contribution is -2.04. The number of ketones is 1. The van der Waals surface area contributed by atoms with E-state index in [-0.39, 0.29) is 5.78 Å². The van der Waals surface area contributed by atoms with E-state index < -0.39 is 0 Å². The molecule has 0 bridgehead atoms. The molecule has 3 heteroatoms. The van der Waals surface area contributed by atoms with E-state index in [9.17, 15) is 4.79 Å². The Morgan fingerprint density at radius 2 is 1.71 bits per heavy atom. The molecule has 3 aromatic carbocycles. The Hall–Kier alpha value is -1.64. The van der Waals surface area contributed by atoms with Crippen molar-refractivity contribution in [2.24, 2.45) is 0 Å². The number of hydrogen-bond acceptors (Lipinski definition) is 1. The average molecular weight is 360 g/mol. The van der Waals surface area contributed by atoms with Crippen molar-refractivity contribution < 1.29 is 4.79 Å². The quantitative estimate of drug-likeness (QED) is 0.550. The predicted octanol–water partition coefficient (Wildman–Crippen LogP) is 5.68. The Labute approximate surface area is 136 Å². The van der Waals surface area contributed by atoms with Gasteiger partial charge in [0.05, 0.1) is 0 Å². The van der Waals surface area contributed by atoms with Crippen LogP contribution in [0, 0.1) is 0 Å². The molecule has 0 fully saturated rings. The maximum atomic E-state index is 12.4. The fourth-order valence-corrected chi connectivity index (χ4v) is 3.04. The third kappa shape index (κ3) is 3.17. The SMILES string of the molecule is O=C(Cc1ccc(Br)cc1Cl)c1ccc2ccccc2c1. The van der Waals surface area contributed by atoms with Crippen LogP contribution in [0.2, 0.25) is 5.02 Å². The minimum Gasteiger partial charge on any atom is -0.294 e.